The Morgan fingerprint density at radius 2 is 1.85 bits per heavy atom. The van der Waals surface area contributed by atoms with Crippen LogP contribution in [0.2, 0.25) is 0 Å². The summed E-state index contributed by atoms with van der Waals surface area (Å²) in [6.45, 7) is 5.31. The van der Waals surface area contributed by atoms with Crippen LogP contribution in [-0.2, 0) is 16.1 Å². The van der Waals surface area contributed by atoms with E-state index >= 15 is 0 Å². The smallest absolute Gasteiger partial charge is 0.243 e. The lowest BCUT2D eigenvalue weighted by atomic mass is 10.2. The fraction of sp³-hybridized carbons (Fsp3) is 0.182. The van der Waals surface area contributed by atoms with E-state index in [4.69, 9.17) is 0 Å². The van der Waals surface area contributed by atoms with Gasteiger partial charge < -0.3 is 10.6 Å². The lowest BCUT2D eigenvalue weighted by Gasteiger charge is -2.13. The van der Waals surface area contributed by atoms with E-state index in [2.05, 4.69) is 27.4 Å². The van der Waals surface area contributed by atoms with Gasteiger partial charge in [-0.25, -0.2) is 13.2 Å². The summed E-state index contributed by atoms with van der Waals surface area (Å²) in [5.74, 6) is -5.24. The molecular weight excluding hydrogens is 455 g/mol. The number of amides is 2. The number of hydrogen-bond donors (Lipinski definition) is 2. The summed E-state index contributed by atoms with van der Waals surface area (Å²) in [4.78, 5) is 24.4. The molecule has 11 heteroatoms. The summed E-state index contributed by atoms with van der Waals surface area (Å²) >= 11 is 1.14. The Morgan fingerprint density at radius 3 is 2.55 bits per heavy atom. The highest BCUT2D eigenvalue weighted by Crippen LogP contribution is 2.27. The molecule has 1 aromatic heterocycles. The zero-order valence-electron chi connectivity index (χ0n) is 17.5. The van der Waals surface area contributed by atoms with Crippen LogP contribution in [0.4, 0.5) is 18.9 Å². The van der Waals surface area contributed by atoms with E-state index in [1.165, 1.54) is 0 Å². The molecule has 0 saturated carbocycles. The van der Waals surface area contributed by atoms with Gasteiger partial charge in [-0.2, -0.15) is 0 Å². The minimum Gasteiger partial charge on any atom is -0.346 e. The van der Waals surface area contributed by atoms with Gasteiger partial charge in [-0.15, -0.1) is 16.8 Å². The number of halogens is 3. The van der Waals surface area contributed by atoms with Crippen molar-refractivity contribution in [2.24, 2.45) is 0 Å². The van der Waals surface area contributed by atoms with Crippen molar-refractivity contribution < 1.29 is 22.8 Å². The zero-order chi connectivity index (χ0) is 24.0. The Labute approximate surface area is 192 Å². The van der Waals surface area contributed by atoms with Gasteiger partial charge in [0.2, 0.25) is 11.8 Å². The van der Waals surface area contributed by atoms with Gasteiger partial charge in [0.25, 0.3) is 0 Å². The van der Waals surface area contributed by atoms with Gasteiger partial charge in [0, 0.05) is 12.1 Å². The number of nitrogens with zero attached hydrogens (tertiary/aromatic N) is 3. The fourth-order valence-electron chi connectivity index (χ4n) is 2.81. The van der Waals surface area contributed by atoms with Gasteiger partial charge in [-0.1, -0.05) is 48.2 Å². The summed E-state index contributed by atoms with van der Waals surface area (Å²) in [5, 5.41) is 12.7. The van der Waals surface area contributed by atoms with Crippen molar-refractivity contribution in [3.05, 3.63) is 72.6 Å². The number of nitrogens with one attached hydrogen (secondary N) is 2. The molecule has 1 heterocycles. The van der Waals surface area contributed by atoms with E-state index < -0.39 is 46.7 Å². The number of rotatable bonds is 9. The third-order valence-corrected chi connectivity index (χ3v) is 5.52. The Morgan fingerprint density at radius 1 is 1.12 bits per heavy atom. The maximum atomic E-state index is 13.7. The number of carbonyl (C=O) groups is 2. The number of anilines is 1. The molecule has 2 N–H and O–H groups in total. The normalized spacial score (nSPS) is 11.6. The van der Waals surface area contributed by atoms with Crippen LogP contribution in [0.25, 0.3) is 11.4 Å². The summed E-state index contributed by atoms with van der Waals surface area (Å²) < 4.78 is 41.8. The third-order valence-electron chi connectivity index (χ3n) is 4.44. The second-order valence-corrected chi connectivity index (χ2v) is 8.13. The zero-order valence-corrected chi connectivity index (χ0v) is 18.3. The molecule has 33 heavy (non-hydrogen) atoms. The number of aromatic nitrogens is 3. The molecule has 1 atom stereocenters. The lowest BCUT2D eigenvalue weighted by Crippen LogP contribution is -2.37. The molecule has 0 aliphatic carbocycles. The van der Waals surface area contributed by atoms with Gasteiger partial charge in [-0.3, -0.25) is 14.2 Å². The lowest BCUT2D eigenvalue weighted by molar-refractivity contribution is -0.123. The second-order valence-electron chi connectivity index (χ2n) is 6.82. The van der Waals surface area contributed by atoms with E-state index in [-0.39, 0.29) is 0 Å². The van der Waals surface area contributed by atoms with Gasteiger partial charge >= 0.3 is 0 Å². The van der Waals surface area contributed by atoms with Crippen LogP contribution in [0.3, 0.4) is 0 Å². The van der Waals surface area contributed by atoms with Crippen molar-refractivity contribution >= 4 is 29.3 Å². The highest BCUT2D eigenvalue weighted by molar-refractivity contribution is 8.00. The van der Waals surface area contributed by atoms with Gasteiger partial charge in [0.15, 0.2) is 28.4 Å². The van der Waals surface area contributed by atoms with Crippen LogP contribution >= 0.6 is 11.8 Å². The average Bonchev–Trinajstić information content (AvgIpc) is 3.20. The van der Waals surface area contributed by atoms with Gasteiger partial charge in [-0.05, 0) is 19.1 Å². The molecule has 0 aliphatic rings. The topological polar surface area (TPSA) is 88.9 Å². The van der Waals surface area contributed by atoms with Crippen molar-refractivity contribution in [1.29, 1.82) is 0 Å². The van der Waals surface area contributed by atoms with Crippen molar-refractivity contribution in [2.75, 3.05) is 11.9 Å². The molecule has 0 saturated heterocycles. The van der Waals surface area contributed by atoms with Crippen LogP contribution < -0.4 is 10.6 Å². The molecule has 2 aromatic carbocycles. The van der Waals surface area contributed by atoms with Crippen molar-refractivity contribution in [1.82, 2.24) is 20.1 Å². The summed E-state index contributed by atoms with van der Waals surface area (Å²) in [7, 11) is 0. The molecule has 0 radical (unpaired) electrons. The van der Waals surface area contributed by atoms with E-state index in [1.807, 2.05) is 34.9 Å². The molecule has 0 fully saturated rings. The SMILES string of the molecule is C=CCn1c(SC(C)C(=O)NCC(=O)Nc2ccc(F)c(F)c2F)nnc1-c1ccccc1. The standard InChI is InChI=1S/C22H20F3N5O2S/c1-3-11-30-20(14-7-5-4-6-8-14)28-29-22(30)33-13(2)21(32)26-12-17(31)27-16-10-9-15(23)18(24)19(16)25/h3-10,13H,1,11-12H2,2H3,(H,26,32)(H,27,31). The number of thioether (sulfide) groups is 1. The van der Waals surface area contributed by atoms with Gasteiger partial charge in [0.1, 0.15) is 0 Å². The predicted octanol–water partition coefficient (Wildman–Crippen LogP) is 3.78. The molecule has 0 bridgehead atoms. The maximum absolute atomic E-state index is 13.7. The molecule has 0 spiro atoms. The Kier molecular flexibility index (Phi) is 7.88. The number of benzene rings is 2. The van der Waals surface area contributed by atoms with E-state index in [1.54, 1.807) is 13.0 Å². The number of carbonyl (C=O) groups excluding carboxylic acids is 2. The molecule has 7 nitrogen and oxygen atoms in total. The van der Waals surface area contributed by atoms with Crippen molar-refractivity contribution in [3.8, 4) is 11.4 Å². The van der Waals surface area contributed by atoms with E-state index in [9.17, 15) is 22.8 Å². The Balaban J connectivity index is 1.61. The number of allylic oxidation sites excluding steroid dienone is 1. The average molecular weight is 475 g/mol. The van der Waals surface area contributed by atoms with Crippen molar-refractivity contribution in [2.45, 2.75) is 23.9 Å². The second kappa shape index (κ2) is 10.8. The Bertz CT molecular complexity index is 1170. The molecule has 172 valence electrons. The summed E-state index contributed by atoms with van der Waals surface area (Å²) in [6, 6.07) is 11.0. The first-order chi connectivity index (χ1) is 15.8. The quantitative estimate of drug-likeness (QED) is 0.279. The highest BCUT2D eigenvalue weighted by atomic mass is 32.2. The maximum Gasteiger partial charge on any atom is 0.243 e. The monoisotopic (exact) mass is 475 g/mol. The van der Waals surface area contributed by atoms with E-state index in [0.29, 0.717) is 23.6 Å². The van der Waals surface area contributed by atoms with E-state index in [0.717, 1.165) is 23.4 Å². The van der Waals surface area contributed by atoms with Crippen LogP contribution in [0, 0.1) is 17.5 Å². The van der Waals surface area contributed by atoms with Crippen LogP contribution in [0.5, 0.6) is 0 Å². The first kappa shape index (κ1) is 24.1. The molecule has 2 amide bonds. The first-order valence-corrected chi connectivity index (χ1v) is 10.7. The minimum absolute atomic E-state index is 0.427. The fourth-order valence-corrected chi connectivity index (χ4v) is 3.69. The van der Waals surface area contributed by atoms with Crippen LogP contribution in [0.15, 0.2) is 60.3 Å². The molecule has 3 aromatic rings. The third kappa shape index (κ3) is 5.80. The summed E-state index contributed by atoms with van der Waals surface area (Å²) in [5.41, 5.74) is 0.332. The largest absolute Gasteiger partial charge is 0.346 e. The molecule has 0 aliphatic heterocycles. The number of hydrogen-bond acceptors (Lipinski definition) is 5. The summed E-state index contributed by atoms with van der Waals surface area (Å²) in [6.07, 6.45) is 1.69. The molecule has 1 unspecified atom stereocenters. The molecular formula is C22H20F3N5O2S. The van der Waals surface area contributed by atoms with Gasteiger partial charge in [0.05, 0.1) is 17.5 Å². The highest BCUT2D eigenvalue weighted by Gasteiger charge is 2.21. The minimum atomic E-state index is -1.69. The molecule has 3 rings (SSSR count). The Hall–Kier alpha value is -3.60. The van der Waals surface area contributed by atoms with Crippen LogP contribution in [0.1, 0.15) is 6.92 Å². The first-order valence-electron chi connectivity index (χ1n) is 9.79. The van der Waals surface area contributed by atoms with Crippen LogP contribution in [-0.4, -0.2) is 38.4 Å². The predicted molar refractivity (Wildman–Crippen MR) is 119 cm³/mol. The van der Waals surface area contributed by atoms with Crippen molar-refractivity contribution in [3.63, 3.8) is 0 Å².